The van der Waals surface area contributed by atoms with E-state index < -0.39 is 0 Å². The fraction of sp³-hybridized carbons (Fsp3) is 0.211. The van der Waals surface area contributed by atoms with Crippen molar-refractivity contribution in [2.24, 2.45) is 0 Å². The van der Waals surface area contributed by atoms with E-state index >= 15 is 0 Å². The van der Waals surface area contributed by atoms with E-state index in [-0.39, 0.29) is 29.9 Å². The average Bonchev–Trinajstić information content (AvgIpc) is 3.20. The molecule has 0 unspecified atom stereocenters. The standard InChI is InChI=1S/C19H20N6O3S/c1-2-13-5-3-4-6-16(13)21-17(27)11-20-18(28)12-29-19-22-23-24-25(19)14-7-9-15(26)10-8-14/h3-10,26H,2,11-12H2,1H3,(H,20,28)(H,21,27). The number of nitrogens with zero attached hydrogens (tertiary/aromatic N) is 4. The zero-order valence-electron chi connectivity index (χ0n) is 15.7. The summed E-state index contributed by atoms with van der Waals surface area (Å²) in [5, 5.41) is 26.6. The lowest BCUT2D eigenvalue weighted by Crippen LogP contribution is -2.34. The van der Waals surface area contributed by atoms with E-state index in [0.29, 0.717) is 10.8 Å². The highest BCUT2D eigenvalue weighted by Gasteiger charge is 2.13. The number of para-hydroxylation sites is 1. The quantitative estimate of drug-likeness (QED) is 0.482. The van der Waals surface area contributed by atoms with Gasteiger partial charge in [-0.2, -0.15) is 4.68 Å². The van der Waals surface area contributed by atoms with Gasteiger partial charge in [-0.3, -0.25) is 9.59 Å². The number of hydrogen-bond acceptors (Lipinski definition) is 7. The number of phenolic OH excluding ortho intramolecular Hbond substituents is 1. The Balaban J connectivity index is 1.49. The molecule has 0 radical (unpaired) electrons. The van der Waals surface area contributed by atoms with E-state index in [2.05, 4.69) is 26.2 Å². The van der Waals surface area contributed by atoms with Gasteiger partial charge in [-0.05, 0) is 52.7 Å². The predicted molar refractivity (Wildman–Crippen MR) is 109 cm³/mol. The molecule has 1 aromatic heterocycles. The lowest BCUT2D eigenvalue weighted by Gasteiger charge is -2.10. The zero-order chi connectivity index (χ0) is 20.6. The molecular weight excluding hydrogens is 392 g/mol. The molecule has 0 saturated heterocycles. The third-order valence-electron chi connectivity index (χ3n) is 3.99. The van der Waals surface area contributed by atoms with Crippen LogP contribution in [-0.2, 0) is 16.0 Å². The number of rotatable bonds is 8. The number of nitrogens with one attached hydrogen (secondary N) is 2. The Labute approximate surface area is 171 Å². The summed E-state index contributed by atoms with van der Waals surface area (Å²) in [5.41, 5.74) is 2.44. The highest BCUT2D eigenvalue weighted by molar-refractivity contribution is 7.99. The Hall–Kier alpha value is -3.40. The van der Waals surface area contributed by atoms with Crippen LogP contribution in [0.5, 0.6) is 5.75 Å². The third-order valence-corrected chi connectivity index (χ3v) is 4.91. The molecule has 3 N–H and O–H groups in total. The molecule has 2 amide bonds. The number of aromatic nitrogens is 4. The first-order chi connectivity index (χ1) is 14.1. The van der Waals surface area contributed by atoms with Gasteiger partial charge in [0.25, 0.3) is 0 Å². The van der Waals surface area contributed by atoms with Crippen molar-refractivity contribution in [1.82, 2.24) is 25.5 Å². The molecule has 3 aromatic rings. The van der Waals surface area contributed by atoms with Crippen LogP contribution >= 0.6 is 11.8 Å². The molecule has 0 aliphatic rings. The summed E-state index contributed by atoms with van der Waals surface area (Å²) in [6, 6.07) is 13.9. The molecule has 150 valence electrons. The van der Waals surface area contributed by atoms with Crippen LogP contribution in [0.4, 0.5) is 5.69 Å². The lowest BCUT2D eigenvalue weighted by molar-refractivity contribution is -0.122. The van der Waals surface area contributed by atoms with Gasteiger partial charge >= 0.3 is 0 Å². The summed E-state index contributed by atoms with van der Waals surface area (Å²) in [5.74, 6) is -0.417. The van der Waals surface area contributed by atoms with Crippen molar-refractivity contribution >= 4 is 29.3 Å². The first-order valence-corrected chi connectivity index (χ1v) is 9.90. The van der Waals surface area contributed by atoms with Gasteiger partial charge in [-0.15, -0.1) is 5.10 Å². The maximum atomic E-state index is 12.1. The van der Waals surface area contributed by atoms with Crippen molar-refractivity contribution in [3.63, 3.8) is 0 Å². The van der Waals surface area contributed by atoms with Gasteiger partial charge in [0.1, 0.15) is 5.75 Å². The predicted octanol–water partition coefficient (Wildman–Crippen LogP) is 1.78. The van der Waals surface area contributed by atoms with Gasteiger partial charge < -0.3 is 15.7 Å². The number of thioether (sulfide) groups is 1. The number of carbonyl (C=O) groups is 2. The van der Waals surface area contributed by atoms with Crippen molar-refractivity contribution in [2.75, 3.05) is 17.6 Å². The molecule has 0 aliphatic heterocycles. The van der Waals surface area contributed by atoms with Gasteiger partial charge in [0.15, 0.2) is 0 Å². The number of aromatic hydroxyl groups is 1. The Morgan fingerprint density at radius 2 is 1.86 bits per heavy atom. The largest absolute Gasteiger partial charge is 0.508 e. The molecule has 0 bridgehead atoms. The molecule has 1 heterocycles. The van der Waals surface area contributed by atoms with Crippen molar-refractivity contribution in [3.05, 3.63) is 54.1 Å². The molecule has 9 nitrogen and oxygen atoms in total. The highest BCUT2D eigenvalue weighted by Crippen LogP contribution is 2.19. The van der Waals surface area contributed by atoms with Crippen molar-refractivity contribution in [2.45, 2.75) is 18.5 Å². The van der Waals surface area contributed by atoms with E-state index in [4.69, 9.17) is 0 Å². The second-order valence-electron chi connectivity index (χ2n) is 6.01. The minimum atomic E-state index is -0.311. The van der Waals surface area contributed by atoms with Gasteiger partial charge in [-0.25, -0.2) is 0 Å². The van der Waals surface area contributed by atoms with Crippen LogP contribution in [-0.4, -0.2) is 49.4 Å². The molecule has 0 fully saturated rings. The minimum absolute atomic E-state index is 0.0529. The Morgan fingerprint density at radius 1 is 1.10 bits per heavy atom. The molecule has 0 saturated carbocycles. The number of benzene rings is 2. The van der Waals surface area contributed by atoms with Crippen LogP contribution in [0.25, 0.3) is 5.69 Å². The molecule has 29 heavy (non-hydrogen) atoms. The summed E-state index contributed by atoms with van der Waals surface area (Å²) in [6.07, 6.45) is 0.801. The second kappa shape index (κ2) is 9.69. The number of aryl methyl sites for hydroxylation is 1. The molecule has 2 aromatic carbocycles. The third kappa shape index (κ3) is 5.55. The summed E-state index contributed by atoms with van der Waals surface area (Å²) < 4.78 is 1.46. The molecule has 0 atom stereocenters. The summed E-state index contributed by atoms with van der Waals surface area (Å²) in [4.78, 5) is 24.2. The van der Waals surface area contributed by atoms with Crippen molar-refractivity contribution in [1.29, 1.82) is 0 Å². The Bertz CT molecular complexity index is 990. The topological polar surface area (TPSA) is 122 Å². The number of amides is 2. The fourth-order valence-electron chi connectivity index (χ4n) is 2.53. The molecular formula is C19H20N6O3S. The summed E-state index contributed by atoms with van der Waals surface area (Å²) >= 11 is 1.14. The molecule has 3 rings (SSSR count). The van der Waals surface area contributed by atoms with E-state index in [1.54, 1.807) is 12.1 Å². The normalized spacial score (nSPS) is 10.5. The average molecular weight is 412 g/mol. The van der Waals surface area contributed by atoms with Gasteiger partial charge in [0, 0.05) is 5.69 Å². The van der Waals surface area contributed by atoms with E-state index in [1.807, 2.05) is 31.2 Å². The van der Waals surface area contributed by atoms with Crippen LogP contribution < -0.4 is 10.6 Å². The van der Waals surface area contributed by atoms with E-state index in [1.165, 1.54) is 16.8 Å². The first kappa shape index (κ1) is 20.3. The zero-order valence-corrected chi connectivity index (χ0v) is 16.5. The van der Waals surface area contributed by atoms with Crippen LogP contribution in [0.1, 0.15) is 12.5 Å². The minimum Gasteiger partial charge on any atom is -0.508 e. The van der Waals surface area contributed by atoms with Crippen LogP contribution in [0.15, 0.2) is 53.7 Å². The van der Waals surface area contributed by atoms with Crippen LogP contribution in [0.3, 0.4) is 0 Å². The molecule has 10 heteroatoms. The van der Waals surface area contributed by atoms with Crippen LogP contribution in [0.2, 0.25) is 0 Å². The number of phenols is 1. The number of tetrazole rings is 1. The smallest absolute Gasteiger partial charge is 0.243 e. The maximum absolute atomic E-state index is 12.1. The Kier molecular flexibility index (Phi) is 6.80. The SMILES string of the molecule is CCc1ccccc1NC(=O)CNC(=O)CSc1nnnn1-c1ccc(O)cc1. The lowest BCUT2D eigenvalue weighted by atomic mass is 10.1. The van der Waals surface area contributed by atoms with Gasteiger partial charge in [0.05, 0.1) is 18.0 Å². The van der Waals surface area contributed by atoms with Gasteiger partial charge in [0.2, 0.25) is 17.0 Å². The summed E-state index contributed by atoms with van der Waals surface area (Å²) in [7, 11) is 0. The van der Waals surface area contributed by atoms with Crippen molar-refractivity contribution < 1.29 is 14.7 Å². The second-order valence-corrected chi connectivity index (χ2v) is 6.96. The fourth-order valence-corrected chi connectivity index (χ4v) is 3.25. The number of carbonyl (C=O) groups excluding carboxylic acids is 2. The Morgan fingerprint density at radius 3 is 2.62 bits per heavy atom. The number of hydrogen-bond donors (Lipinski definition) is 3. The van der Waals surface area contributed by atoms with E-state index in [0.717, 1.165) is 29.4 Å². The van der Waals surface area contributed by atoms with Crippen LogP contribution in [0, 0.1) is 0 Å². The molecule has 0 aliphatic carbocycles. The van der Waals surface area contributed by atoms with Crippen molar-refractivity contribution in [3.8, 4) is 11.4 Å². The van der Waals surface area contributed by atoms with Gasteiger partial charge in [-0.1, -0.05) is 36.9 Å². The van der Waals surface area contributed by atoms with E-state index in [9.17, 15) is 14.7 Å². The number of anilines is 1. The maximum Gasteiger partial charge on any atom is 0.243 e. The molecule has 0 spiro atoms. The summed E-state index contributed by atoms with van der Waals surface area (Å²) in [6.45, 7) is 1.89. The monoisotopic (exact) mass is 412 g/mol. The first-order valence-electron chi connectivity index (χ1n) is 8.92. The highest BCUT2D eigenvalue weighted by atomic mass is 32.2.